The molecule has 1 rings (SSSR count). The van der Waals surface area contributed by atoms with Crippen LogP contribution in [0.25, 0.3) is 0 Å². The molecular weight excluding hydrogens is 416 g/mol. The number of ether oxygens (including phenoxy) is 2. The summed E-state index contributed by atoms with van der Waals surface area (Å²) in [6, 6.07) is 6.39. The molecule has 0 heterocycles. The Kier molecular flexibility index (Phi) is 14.2. The maximum Gasteiger partial charge on any atom is 0.339 e. The maximum atomic E-state index is 12.4. The molecule has 8 nitrogen and oxygen atoms in total. The smallest absolute Gasteiger partial charge is 0.339 e. The van der Waals surface area contributed by atoms with Gasteiger partial charge in [0, 0.05) is 12.8 Å². The topological polar surface area (TPSA) is 127 Å². The van der Waals surface area contributed by atoms with Crippen molar-refractivity contribution in [3.05, 3.63) is 35.4 Å². The Balaban J connectivity index is 2.28. The van der Waals surface area contributed by atoms with Crippen LogP contribution in [0.15, 0.2) is 24.3 Å². The van der Waals surface area contributed by atoms with Crippen LogP contribution in [0.1, 0.15) is 97.8 Å². The molecule has 0 aliphatic carbocycles. The highest BCUT2D eigenvalue weighted by atomic mass is 16.5. The van der Waals surface area contributed by atoms with Crippen LogP contribution in [0.4, 0.5) is 0 Å². The Morgan fingerprint density at radius 3 is 1.28 bits per heavy atom. The van der Waals surface area contributed by atoms with E-state index in [1.165, 1.54) is 12.1 Å². The average molecular weight is 451 g/mol. The zero-order chi connectivity index (χ0) is 23.6. The molecule has 0 saturated carbocycles. The highest BCUT2D eigenvalue weighted by Gasteiger charge is 2.18. The fourth-order valence-electron chi connectivity index (χ4n) is 3.14. The number of hydrogen-bond acceptors (Lipinski definition) is 6. The van der Waals surface area contributed by atoms with Crippen LogP contribution in [-0.2, 0) is 19.1 Å². The Bertz CT molecular complexity index is 667. The molecule has 178 valence electrons. The van der Waals surface area contributed by atoms with Crippen molar-refractivity contribution in [2.24, 2.45) is 0 Å². The number of rotatable bonds is 18. The Morgan fingerprint density at radius 2 is 0.906 bits per heavy atom. The minimum atomic E-state index is -0.788. The van der Waals surface area contributed by atoms with Crippen molar-refractivity contribution < 1.29 is 38.9 Å². The normalized spacial score (nSPS) is 10.5. The van der Waals surface area contributed by atoms with Gasteiger partial charge in [0.25, 0.3) is 0 Å². The van der Waals surface area contributed by atoms with E-state index in [-0.39, 0.29) is 37.2 Å². The molecule has 8 heteroatoms. The molecule has 0 atom stereocenters. The molecule has 0 amide bonds. The van der Waals surface area contributed by atoms with E-state index in [2.05, 4.69) is 0 Å². The first-order valence-corrected chi connectivity index (χ1v) is 11.3. The summed E-state index contributed by atoms with van der Waals surface area (Å²) in [5.74, 6) is -2.71. The summed E-state index contributed by atoms with van der Waals surface area (Å²) in [4.78, 5) is 45.6. The molecular formula is C24H34O8. The van der Waals surface area contributed by atoms with Crippen LogP contribution in [0.3, 0.4) is 0 Å². The van der Waals surface area contributed by atoms with Gasteiger partial charge in [-0.25, -0.2) is 9.59 Å². The number of carbonyl (C=O) groups excluding carboxylic acids is 2. The van der Waals surface area contributed by atoms with Gasteiger partial charge in [-0.1, -0.05) is 50.7 Å². The van der Waals surface area contributed by atoms with E-state index in [4.69, 9.17) is 19.7 Å². The number of carboxylic acids is 2. The third-order valence-electron chi connectivity index (χ3n) is 4.90. The molecule has 0 aliphatic rings. The zero-order valence-corrected chi connectivity index (χ0v) is 18.6. The lowest BCUT2D eigenvalue weighted by Gasteiger charge is -2.10. The second kappa shape index (κ2) is 16.8. The first-order chi connectivity index (χ1) is 15.4. The monoisotopic (exact) mass is 450 g/mol. The van der Waals surface area contributed by atoms with Crippen LogP contribution < -0.4 is 0 Å². The molecule has 0 bridgehead atoms. The minimum Gasteiger partial charge on any atom is -0.481 e. The summed E-state index contributed by atoms with van der Waals surface area (Å²) in [6.07, 6.45) is 8.11. The van der Waals surface area contributed by atoms with Gasteiger partial charge in [-0.2, -0.15) is 0 Å². The minimum absolute atomic E-state index is 0.174. The van der Waals surface area contributed by atoms with Crippen LogP contribution in [0.5, 0.6) is 0 Å². The molecule has 1 aromatic carbocycles. The van der Waals surface area contributed by atoms with Crippen molar-refractivity contribution >= 4 is 23.9 Å². The highest BCUT2D eigenvalue weighted by Crippen LogP contribution is 2.14. The van der Waals surface area contributed by atoms with Crippen LogP contribution in [0, 0.1) is 0 Å². The third-order valence-corrected chi connectivity index (χ3v) is 4.90. The lowest BCUT2D eigenvalue weighted by Crippen LogP contribution is -2.15. The fourth-order valence-corrected chi connectivity index (χ4v) is 3.14. The van der Waals surface area contributed by atoms with E-state index in [1.807, 2.05) is 0 Å². The van der Waals surface area contributed by atoms with Crippen molar-refractivity contribution in [3.63, 3.8) is 0 Å². The van der Waals surface area contributed by atoms with Crippen LogP contribution >= 0.6 is 0 Å². The Hall–Kier alpha value is -2.90. The maximum absolute atomic E-state index is 12.4. The number of hydrogen-bond donors (Lipinski definition) is 2. The van der Waals surface area contributed by atoms with E-state index < -0.39 is 23.9 Å². The average Bonchev–Trinajstić information content (AvgIpc) is 2.76. The molecule has 0 radical (unpaired) electrons. The van der Waals surface area contributed by atoms with E-state index in [1.54, 1.807) is 12.1 Å². The molecule has 32 heavy (non-hydrogen) atoms. The number of unbranched alkanes of at least 4 members (excludes halogenated alkanes) is 8. The van der Waals surface area contributed by atoms with Gasteiger partial charge >= 0.3 is 23.9 Å². The third kappa shape index (κ3) is 12.7. The highest BCUT2D eigenvalue weighted by molar-refractivity contribution is 6.03. The van der Waals surface area contributed by atoms with E-state index in [0.717, 1.165) is 38.5 Å². The predicted octanol–water partition coefficient (Wildman–Crippen LogP) is 4.85. The van der Waals surface area contributed by atoms with Gasteiger partial charge in [-0.3, -0.25) is 9.59 Å². The van der Waals surface area contributed by atoms with Crippen molar-refractivity contribution in [1.29, 1.82) is 0 Å². The van der Waals surface area contributed by atoms with Crippen LogP contribution in [-0.4, -0.2) is 47.3 Å². The predicted molar refractivity (Wildman–Crippen MR) is 118 cm³/mol. The Labute approximate surface area is 188 Å². The van der Waals surface area contributed by atoms with Crippen molar-refractivity contribution in [1.82, 2.24) is 0 Å². The number of carboxylic acid groups (broad SMARTS) is 2. The van der Waals surface area contributed by atoms with Crippen molar-refractivity contribution in [2.75, 3.05) is 13.2 Å². The molecule has 2 N–H and O–H groups in total. The molecule has 0 aromatic heterocycles. The largest absolute Gasteiger partial charge is 0.481 e. The quantitative estimate of drug-likeness (QED) is 0.240. The second-order valence-electron chi connectivity index (χ2n) is 7.64. The summed E-state index contributed by atoms with van der Waals surface area (Å²) in [7, 11) is 0. The van der Waals surface area contributed by atoms with Crippen molar-refractivity contribution in [3.8, 4) is 0 Å². The van der Waals surface area contributed by atoms with Gasteiger partial charge in [0.05, 0.1) is 24.3 Å². The summed E-state index contributed by atoms with van der Waals surface area (Å²) in [5.41, 5.74) is 0.347. The lowest BCUT2D eigenvalue weighted by atomic mass is 10.1. The number of esters is 2. The lowest BCUT2D eigenvalue weighted by molar-refractivity contribution is -0.138. The summed E-state index contributed by atoms with van der Waals surface area (Å²) < 4.78 is 10.6. The van der Waals surface area contributed by atoms with Gasteiger partial charge in [0.15, 0.2) is 0 Å². The van der Waals surface area contributed by atoms with E-state index >= 15 is 0 Å². The van der Waals surface area contributed by atoms with Gasteiger partial charge < -0.3 is 19.7 Å². The number of carbonyl (C=O) groups is 4. The SMILES string of the molecule is O=C(O)CCCCCCCOC(=O)c1ccccc1C(=O)OCCCCCCCC(=O)O. The second-order valence-corrected chi connectivity index (χ2v) is 7.64. The van der Waals surface area contributed by atoms with Gasteiger partial charge in [-0.15, -0.1) is 0 Å². The summed E-state index contributed by atoms with van der Waals surface area (Å²) >= 11 is 0. The van der Waals surface area contributed by atoms with E-state index in [0.29, 0.717) is 25.7 Å². The fraction of sp³-hybridized carbons (Fsp3) is 0.583. The Morgan fingerprint density at radius 1 is 0.562 bits per heavy atom. The van der Waals surface area contributed by atoms with Gasteiger partial charge in [0.1, 0.15) is 0 Å². The molecule has 0 unspecified atom stereocenters. The summed E-state index contributed by atoms with van der Waals surface area (Å²) in [6.45, 7) is 0.478. The summed E-state index contributed by atoms with van der Waals surface area (Å²) in [5, 5.41) is 17.2. The number of benzene rings is 1. The van der Waals surface area contributed by atoms with Crippen molar-refractivity contribution in [2.45, 2.75) is 77.0 Å². The first kappa shape index (κ1) is 27.1. The molecule has 0 saturated heterocycles. The first-order valence-electron chi connectivity index (χ1n) is 11.3. The molecule has 1 aromatic rings. The molecule has 0 spiro atoms. The number of aliphatic carboxylic acids is 2. The molecule has 0 aliphatic heterocycles. The van der Waals surface area contributed by atoms with Gasteiger partial charge in [0.2, 0.25) is 0 Å². The zero-order valence-electron chi connectivity index (χ0n) is 18.6. The van der Waals surface area contributed by atoms with E-state index in [9.17, 15) is 19.2 Å². The van der Waals surface area contributed by atoms with Crippen LogP contribution in [0.2, 0.25) is 0 Å². The van der Waals surface area contributed by atoms with Gasteiger partial charge in [-0.05, 0) is 37.8 Å². The standard InChI is InChI=1S/C24H34O8/c25-21(26)15-7-3-1-5-11-17-31-23(29)19-13-9-10-14-20(19)24(30)32-18-12-6-2-4-8-16-22(27)28/h9-10,13-14H,1-8,11-12,15-18H2,(H,25,26)(H,27,28). The molecule has 0 fully saturated rings.